The molecule has 1 nitrogen and oxygen atoms in total. The minimum Gasteiger partial charge on any atom is -0.295 e. The highest BCUT2D eigenvalue weighted by atomic mass is 16.1. The first-order valence-corrected chi connectivity index (χ1v) is 13.3. The number of ketones is 1. The Labute approximate surface area is 186 Å². The zero-order valence-electron chi connectivity index (χ0n) is 21.1. The zero-order valence-corrected chi connectivity index (χ0v) is 21.1. The topological polar surface area (TPSA) is 17.1 Å². The van der Waals surface area contributed by atoms with E-state index in [1.54, 1.807) is 5.57 Å². The fourth-order valence-electron chi connectivity index (χ4n) is 9.40. The predicted octanol–water partition coefficient (Wildman–Crippen LogP) is 8.38. The van der Waals surface area contributed by atoms with E-state index in [4.69, 9.17) is 0 Å². The van der Waals surface area contributed by atoms with Gasteiger partial charge in [-0.2, -0.15) is 0 Å². The first-order chi connectivity index (χ1) is 14.0. The Morgan fingerprint density at radius 1 is 0.867 bits per heavy atom. The molecular weight excluding hydrogens is 364 g/mol. The first kappa shape index (κ1) is 22.6. The molecule has 0 bridgehead atoms. The van der Waals surface area contributed by atoms with E-state index in [9.17, 15) is 4.79 Å². The number of rotatable bonds is 5. The van der Waals surface area contributed by atoms with Crippen molar-refractivity contribution in [3.8, 4) is 0 Å². The lowest BCUT2D eigenvalue weighted by Gasteiger charge is -2.63. The van der Waals surface area contributed by atoms with Gasteiger partial charge in [-0.1, -0.05) is 66.4 Å². The summed E-state index contributed by atoms with van der Waals surface area (Å²) in [4.78, 5) is 12.4. The monoisotopic (exact) mass is 412 g/mol. The molecule has 0 spiro atoms. The van der Waals surface area contributed by atoms with Crippen molar-refractivity contribution in [3.05, 3.63) is 11.1 Å². The summed E-state index contributed by atoms with van der Waals surface area (Å²) in [6.07, 6.45) is 14.4. The molecule has 1 heteroatoms. The van der Waals surface area contributed by atoms with Crippen molar-refractivity contribution >= 4 is 5.78 Å². The molecule has 0 N–H and O–H groups in total. The number of carbonyl (C=O) groups excluding carboxylic acids is 1. The van der Waals surface area contributed by atoms with Crippen LogP contribution in [0.5, 0.6) is 0 Å². The maximum atomic E-state index is 12.4. The number of carbonyl (C=O) groups is 1. The summed E-state index contributed by atoms with van der Waals surface area (Å²) in [5.41, 5.74) is 4.01. The van der Waals surface area contributed by atoms with Crippen LogP contribution in [-0.2, 0) is 4.79 Å². The van der Waals surface area contributed by atoms with Gasteiger partial charge in [-0.15, -0.1) is 0 Å². The molecule has 0 aromatic carbocycles. The largest absolute Gasteiger partial charge is 0.295 e. The van der Waals surface area contributed by atoms with Gasteiger partial charge in [0.15, 0.2) is 5.78 Å². The highest BCUT2D eigenvalue weighted by Crippen LogP contribution is 2.73. The summed E-state index contributed by atoms with van der Waals surface area (Å²) in [7, 11) is 0. The lowest BCUT2D eigenvalue weighted by Crippen LogP contribution is -2.56. The number of Topliss-reactive ketones (excluding diaryl/α,β-unsaturated/α-hetero) is 1. The Balaban J connectivity index is 1.57. The van der Waals surface area contributed by atoms with Crippen molar-refractivity contribution in [3.63, 3.8) is 0 Å². The lowest BCUT2D eigenvalue weighted by atomic mass is 9.41. The minimum atomic E-state index is 0.298. The van der Waals surface area contributed by atoms with Crippen LogP contribution in [0.4, 0.5) is 0 Å². The van der Waals surface area contributed by atoms with E-state index in [0.29, 0.717) is 22.0 Å². The highest BCUT2D eigenvalue weighted by Gasteiger charge is 2.65. The lowest BCUT2D eigenvalue weighted by molar-refractivity contribution is -0.127. The van der Waals surface area contributed by atoms with Gasteiger partial charge in [0.05, 0.1) is 0 Å². The van der Waals surface area contributed by atoms with Gasteiger partial charge in [0.1, 0.15) is 0 Å². The van der Waals surface area contributed by atoms with Crippen LogP contribution in [0, 0.1) is 45.8 Å². The van der Waals surface area contributed by atoms with Crippen LogP contribution < -0.4 is 0 Å². The van der Waals surface area contributed by atoms with Crippen LogP contribution in [0.2, 0.25) is 0 Å². The van der Waals surface area contributed by atoms with Gasteiger partial charge in [-0.3, -0.25) is 4.79 Å². The number of fused-ring (bicyclic) bond motifs is 5. The van der Waals surface area contributed by atoms with E-state index in [2.05, 4.69) is 48.5 Å². The second-order valence-electron chi connectivity index (χ2n) is 13.0. The molecule has 0 amide bonds. The average molecular weight is 413 g/mol. The van der Waals surface area contributed by atoms with Gasteiger partial charge in [-0.05, 0) is 103 Å². The fourth-order valence-corrected chi connectivity index (χ4v) is 9.40. The molecule has 0 heterocycles. The summed E-state index contributed by atoms with van der Waals surface area (Å²) in [6, 6.07) is 0. The summed E-state index contributed by atoms with van der Waals surface area (Å²) >= 11 is 0. The van der Waals surface area contributed by atoms with Crippen LogP contribution in [0.25, 0.3) is 0 Å². The molecule has 0 aliphatic heterocycles. The molecule has 4 aliphatic rings. The van der Waals surface area contributed by atoms with Crippen LogP contribution in [0.3, 0.4) is 0 Å². The van der Waals surface area contributed by atoms with Crippen LogP contribution in [0.1, 0.15) is 119 Å². The standard InChI is InChI=1S/C29H48O/c1-19(2)9-8-10-20(3)22-13-17-29(7)25-12-11-23-21(4)26(30)15-16-27(23,5)24(25)14-18-28(22,29)6/h19-20,22,24-25H,8-18H2,1-7H3/t20-,22-,24+,25-,27+,28-,29+/m1/s1. The maximum Gasteiger partial charge on any atom is 0.158 e. The molecule has 0 aromatic heterocycles. The summed E-state index contributed by atoms with van der Waals surface area (Å²) in [6.45, 7) is 17.4. The zero-order chi connectivity index (χ0) is 21.9. The third-order valence-electron chi connectivity index (χ3n) is 11.5. The average Bonchev–Trinajstić information content (AvgIpc) is 2.96. The molecule has 170 valence electrons. The van der Waals surface area contributed by atoms with E-state index in [-0.39, 0.29) is 0 Å². The number of hydrogen-bond acceptors (Lipinski definition) is 1. The Morgan fingerprint density at radius 3 is 2.27 bits per heavy atom. The fraction of sp³-hybridized carbons (Fsp3) is 0.897. The molecule has 3 saturated carbocycles. The third kappa shape index (κ3) is 3.19. The van der Waals surface area contributed by atoms with Crippen molar-refractivity contribution in [1.29, 1.82) is 0 Å². The molecule has 0 saturated heterocycles. The molecule has 0 aromatic rings. The highest BCUT2D eigenvalue weighted by molar-refractivity contribution is 5.96. The van der Waals surface area contributed by atoms with Crippen LogP contribution in [0.15, 0.2) is 11.1 Å². The molecule has 0 unspecified atom stereocenters. The van der Waals surface area contributed by atoms with Crippen molar-refractivity contribution in [2.75, 3.05) is 0 Å². The SMILES string of the molecule is CC1=C2CC[C@@H]3[C@H](CC[C@]4(C)[C@@H]([C@H](C)CCCC(C)C)CC[C@@]34C)[C@@]2(C)CCC1=O. The number of allylic oxidation sites excluding steroid dienone is 1. The second-order valence-corrected chi connectivity index (χ2v) is 13.0. The summed E-state index contributed by atoms with van der Waals surface area (Å²) < 4.78 is 0. The molecule has 7 atom stereocenters. The van der Waals surface area contributed by atoms with Crippen LogP contribution in [-0.4, -0.2) is 5.78 Å². The summed E-state index contributed by atoms with van der Waals surface area (Å²) in [5.74, 6) is 4.72. The van der Waals surface area contributed by atoms with Crippen LogP contribution >= 0.6 is 0 Å². The van der Waals surface area contributed by atoms with E-state index in [1.165, 1.54) is 57.8 Å². The Kier molecular flexibility index (Phi) is 5.85. The molecule has 4 rings (SSSR count). The first-order valence-electron chi connectivity index (χ1n) is 13.3. The van der Waals surface area contributed by atoms with Crippen molar-refractivity contribution < 1.29 is 4.79 Å². The summed E-state index contributed by atoms with van der Waals surface area (Å²) in [5, 5.41) is 0. The van der Waals surface area contributed by atoms with Crippen molar-refractivity contribution in [2.45, 2.75) is 119 Å². The molecule has 3 fully saturated rings. The Bertz CT molecular complexity index is 716. The van der Waals surface area contributed by atoms with Gasteiger partial charge in [0, 0.05) is 6.42 Å². The van der Waals surface area contributed by atoms with E-state index >= 15 is 0 Å². The van der Waals surface area contributed by atoms with Crippen molar-refractivity contribution in [1.82, 2.24) is 0 Å². The smallest absolute Gasteiger partial charge is 0.158 e. The van der Waals surface area contributed by atoms with Crippen molar-refractivity contribution in [2.24, 2.45) is 45.8 Å². The second kappa shape index (κ2) is 7.77. The predicted molar refractivity (Wildman–Crippen MR) is 127 cm³/mol. The van der Waals surface area contributed by atoms with E-state index in [1.807, 2.05) is 0 Å². The van der Waals surface area contributed by atoms with Gasteiger partial charge in [-0.25, -0.2) is 0 Å². The normalized spacial score (nSPS) is 44.7. The van der Waals surface area contributed by atoms with Gasteiger partial charge < -0.3 is 0 Å². The van der Waals surface area contributed by atoms with Gasteiger partial charge in [0.25, 0.3) is 0 Å². The number of hydrogen-bond donors (Lipinski definition) is 0. The Morgan fingerprint density at radius 2 is 1.57 bits per heavy atom. The molecule has 4 aliphatic carbocycles. The Hall–Kier alpha value is -0.590. The minimum absolute atomic E-state index is 0.298. The van der Waals surface area contributed by atoms with Gasteiger partial charge in [0.2, 0.25) is 0 Å². The maximum absolute atomic E-state index is 12.4. The van der Waals surface area contributed by atoms with E-state index in [0.717, 1.165) is 48.0 Å². The van der Waals surface area contributed by atoms with E-state index < -0.39 is 0 Å². The third-order valence-corrected chi connectivity index (χ3v) is 11.5. The molecule has 0 radical (unpaired) electrons. The quantitative estimate of drug-likeness (QED) is 0.443. The molecular formula is C29H48O. The van der Waals surface area contributed by atoms with Gasteiger partial charge >= 0.3 is 0 Å². The molecule has 30 heavy (non-hydrogen) atoms.